The van der Waals surface area contributed by atoms with Crippen LogP contribution in [0, 0.1) is 0 Å². The summed E-state index contributed by atoms with van der Waals surface area (Å²) in [6.45, 7) is 0.809. The molecule has 2 heterocycles. The van der Waals surface area contributed by atoms with Crippen LogP contribution in [0.2, 0.25) is 0 Å². The molecule has 2 fully saturated rings. The molecule has 3 atom stereocenters. The Morgan fingerprint density at radius 1 is 1.46 bits per heavy atom. The van der Waals surface area contributed by atoms with Crippen LogP contribution >= 0.6 is 0 Å². The van der Waals surface area contributed by atoms with Crippen molar-refractivity contribution in [1.82, 2.24) is 5.32 Å². The van der Waals surface area contributed by atoms with Gasteiger partial charge in [0.15, 0.2) is 0 Å². The molecule has 0 aliphatic carbocycles. The zero-order valence-electron chi connectivity index (χ0n) is 7.66. The van der Waals surface area contributed by atoms with Gasteiger partial charge in [-0.2, -0.15) is 0 Å². The van der Waals surface area contributed by atoms with Crippen LogP contribution in [0.4, 0.5) is 0 Å². The Hall–Kier alpha value is -0.610. The van der Waals surface area contributed by atoms with Gasteiger partial charge in [-0.25, -0.2) is 0 Å². The number of piperidine rings is 1. The molecule has 0 bridgehead atoms. The standard InChI is InChI=1S/C9H16N2O2/c10-6-3-4-8(12)11-9(6)7-2-1-5-13-7/h6-7,9H,1-5,10H2,(H,11,12)/t6-,7+,9+/m1/s1. The summed E-state index contributed by atoms with van der Waals surface area (Å²) in [6.07, 6.45) is 3.61. The predicted molar refractivity (Wildman–Crippen MR) is 48.1 cm³/mol. The zero-order valence-corrected chi connectivity index (χ0v) is 7.66. The van der Waals surface area contributed by atoms with E-state index in [0.29, 0.717) is 6.42 Å². The third kappa shape index (κ3) is 1.84. The SMILES string of the molecule is N[C@@H]1CCC(=O)N[C@@H]1[C@@H]1CCCO1. The third-order valence-electron chi connectivity index (χ3n) is 2.86. The Bertz CT molecular complexity index is 202. The Morgan fingerprint density at radius 3 is 3.00 bits per heavy atom. The van der Waals surface area contributed by atoms with Gasteiger partial charge in [0.05, 0.1) is 12.1 Å². The lowest BCUT2D eigenvalue weighted by atomic mass is 9.93. The molecule has 2 saturated heterocycles. The smallest absolute Gasteiger partial charge is 0.220 e. The average molecular weight is 184 g/mol. The molecule has 2 aliphatic heterocycles. The Morgan fingerprint density at radius 2 is 2.31 bits per heavy atom. The molecule has 2 rings (SSSR count). The maximum atomic E-state index is 11.2. The first-order valence-corrected chi connectivity index (χ1v) is 4.94. The lowest BCUT2D eigenvalue weighted by Crippen LogP contribution is -2.57. The first-order valence-electron chi connectivity index (χ1n) is 4.94. The van der Waals surface area contributed by atoms with Crippen LogP contribution in [0.5, 0.6) is 0 Å². The Kier molecular flexibility index (Phi) is 2.51. The van der Waals surface area contributed by atoms with E-state index in [1.165, 1.54) is 0 Å². The van der Waals surface area contributed by atoms with Crippen molar-refractivity contribution in [3.63, 3.8) is 0 Å². The fourth-order valence-electron chi connectivity index (χ4n) is 2.10. The van der Waals surface area contributed by atoms with Gasteiger partial charge in [-0.3, -0.25) is 4.79 Å². The van der Waals surface area contributed by atoms with E-state index in [1.807, 2.05) is 0 Å². The van der Waals surface area contributed by atoms with Crippen LogP contribution in [-0.2, 0) is 9.53 Å². The van der Waals surface area contributed by atoms with E-state index in [4.69, 9.17) is 10.5 Å². The molecule has 0 aromatic rings. The lowest BCUT2D eigenvalue weighted by Gasteiger charge is -2.33. The van der Waals surface area contributed by atoms with Crippen molar-refractivity contribution in [1.29, 1.82) is 0 Å². The summed E-state index contributed by atoms with van der Waals surface area (Å²) in [5, 5.41) is 2.92. The maximum Gasteiger partial charge on any atom is 0.220 e. The first-order chi connectivity index (χ1) is 6.27. The second-order valence-electron chi connectivity index (χ2n) is 3.85. The van der Waals surface area contributed by atoms with Crippen LogP contribution in [0.3, 0.4) is 0 Å². The lowest BCUT2D eigenvalue weighted by molar-refractivity contribution is -0.125. The highest BCUT2D eigenvalue weighted by Crippen LogP contribution is 2.21. The molecule has 0 aromatic carbocycles. The van der Waals surface area contributed by atoms with Crippen LogP contribution in [-0.4, -0.2) is 30.7 Å². The number of nitrogens with two attached hydrogens (primary N) is 1. The van der Waals surface area contributed by atoms with Gasteiger partial charge in [-0.15, -0.1) is 0 Å². The van der Waals surface area contributed by atoms with Gasteiger partial charge in [0.1, 0.15) is 0 Å². The molecular weight excluding hydrogens is 168 g/mol. The summed E-state index contributed by atoms with van der Waals surface area (Å²) in [5.74, 6) is 0.113. The van der Waals surface area contributed by atoms with Crippen LogP contribution < -0.4 is 11.1 Å². The van der Waals surface area contributed by atoms with E-state index in [1.54, 1.807) is 0 Å². The Balaban J connectivity index is 1.98. The molecule has 0 aromatic heterocycles. The fraction of sp³-hybridized carbons (Fsp3) is 0.889. The molecule has 4 nitrogen and oxygen atoms in total. The summed E-state index contributed by atoms with van der Waals surface area (Å²) in [4.78, 5) is 11.2. The van der Waals surface area contributed by atoms with E-state index >= 15 is 0 Å². The van der Waals surface area contributed by atoms with Gasteiger partial charge in [0.25, 0.3) is 0 Å². The summed E-state index contributed by atoms with van der Waals surface area (Å²) in [7, 11) is 0. The maximum absolute atomic E-state index is 11.2. The topological polar surface area (TPSA) is 64.4 Å². The first kappa shape index (κ1) is 8.97. The highest BCUT2D eigenvalue weighted by Gasteiger charge is 2.34. The number of hydrogen-bond donors (Lipinski definition) is 2. The zero-order chi connectivity index (χ0) is 9.26. The van der Waals surface area contributed by atoms with Gasteiger partial charge in [0, 0.05) is 19.1 Å². The number of carbonyl (C=O) groups excluding carboxylic acids is 1. The number of amides is 1. The van der Waals surface area contributed by atoms with Gasteiger partial charge in [0.2, 0.25) is 5.91 Å². The molecule has 74 valence electrons. The van der Waals surface area contributed by atoms with E-state index < -0.39 is 0 Å². The van der Waals surface area contributed by atoms with E-state index in [-0.39, 0.29) is 24.1 Å². The monoisotopic (exact) mass is 184 g/mol. The second kappa shape index (κ2) is 3.64. The van der Waals surface area contributed by atoms with Crippen molar-refractivity contribution in [3.05, 3.63) is 0 Å². The summed E-state index contributed by atoms with van der Waals surface area (Å²) in [6, 6.07) is 0.115. The molecule has 0 radical (unpaired) electrons. The Labute approximate surface area is 77.8 Å². The molecule has 4 heteroatoms. The largest absolute Gasteiger partial charge is 0.376 e. The van der Waals surface area contributed by atoms with E-state index in [0.717, 1.165) is 25.9 Å². The number of rotatable bonds is 1. The highest BCUT2D eigenvalue weighted by molar-refractivity contribution is 5.77. The third-order valence-corrected chi connectivity index (χ3v) is 2.86. The molecule has 0 saturated carbocycles. The molecular formula is C9H16N2O2. The number of carbonyl (C=O) groups is 1. The van der Waals surface area contributed by atoms with Crippen molar-refractivity contribution in [2.45, 2.75) is 43.9 Å². The van der Waals surface area contributed by atoms with Crippen molar-refractivity contribution in [2.24, 2.45) is 5.73 Å². The molecule has 13 heavy (non-hydrogen) atoms. The fourth-order valence-corrected chi connectivity index (χ4v) is 2.10. The number of hydrogen-bond acceptors (Lipinski definition) is 3. The summed E-state index contributed by atoms with van der Waals surface area (Å²) >= 11 is 0. The normalized spacial score (nSPS) is 40.4. The minimum atomic E-state index is 0.0451. The summed E-state index contributed by atoms with van der Waals surface area (Å²) in [5.41, 5.74) is 5.93. The van der Waals surface area contributed by atoms with Crippen LogP contribution in [0.15, 0.2) is 0 Å². The van der Waals surface area contributed by atoms with Crippen LogP contribution in [0.25, 0.3) is 0 Å². The van der Waals surface area contributed by atoms with Crippen molar-refractivity contribution < 1.29 is 9.53 Å². The van der Waals surface area contributed by atoms with E-state index in [9.17, 15) is 4.79 Å². The minimum Gasteiger partial charge on any atom is -0.376 e. The quantitative estimate of drug-likeness (QED) is 0.591. The molecule has 0 spiro atoms. The van der Waals surface area contributed by atoms with Crippen molar-refractivity contribution in [2.75, 3.05) is 6.61 Å². The van der Waals surface area contributed by atoms with Crippen LogP contribution in [0.1, 0.15) is 25.7 Å². The van der Waals surface area contributed by atoms with Gasteiger partial charge >= 0.3 is 0 Å². The van der Waals surface area contributed by atoms with Gasteiger partial charge in [-0.05, 0) is 19.3 Å². The molecule has 1 amide bonds. The number of nitrogens with one attached hydrogen (secondary N) is 1. The van der Waals surface area contributed by atoms with Gasteiger partial charge in [-0.1, -0.05) is 0 Å². The molecule has 0 unspecified atom stereocenters. The van der Waals surface area contributed by atoms with Crippen molar-refractivity contribution >= 4 is 5.91 Å². The predicted octanol–water partition coefficient (Wildman–Crippen LogP) is -0.229. The molecule has 3 N–H and O–H groups in total. The highest BCUT2D eigenvalue weighted by atomic mass is 16.5. The van der Waals surface area contributed by atoms with E-state index in [2.05, 4.69) is 5.32 Å². The minimum absolute atomic E-state index is 0.0451. The second-order valence-corrected chi connectivity index (χ2v) is 3.85. The molecule has 2 aliphatic rings. The van der Waals surface area contributed by atoms with Crippen molar-refractivity contribution in [3.8, 4) is 0 Å². The number of ether oxygens (including phenoxy) is 1. The summed E-state index contributed by atoms with van der Waals surface area (Å²) < 4.78 is 5.52. The van der Waals surface area contributed by atoms with Gasteiger partial charge < -0.3 is 15.8 Å². The average Bonchev–Trinajstić information content (AvgIpc) is 2.61.